The molecule has 0 radical (unpaired) electrons. The van der Waals surface area contributed by atoms with Gasteiger partial charge in [0.15, 0.2) is 0 Å². The van der Waals surface area contributed by atoms with E-state index in [-0.39, 0.29) is 11.7 Å². The first-order chi connectivity index (χ1) is 11.7. The number of amides is 1. The fourth-order valence-corrected chi connectivity index (χ4v) is 2.35. The largest absolute Gasteiger partial charge is 0.369 e. The number of benzene rings is 2. The third-order valence-corrected chi connectivity index (χ3v) is 3.57. The summed E-state index contributed by atoms with van der Waals surface area (Å²) in [5, 5.41) is 6.52. The minimum atomic E-state index is -0.346. The van der Waals surface area contributed by atoms with Gasteiger partial charge in [-0.15, -0.1) is 0 Å². The third-order valence-electron chi connectivity index (χ3n) is 3.57. The molecular formula is C18H17FN4O. The second kappa shape index (κ2) is 7.50. The second-order valence-corrected chi connectivity index (χ2v) is 5.32. The number of halogens is 1. The zero-order chi connectivity index (χ0) is 16.8. The van der Waals surface area contributed by atoms with Crippen molar-refractivity contribution < 1.29 is 9.18 Å². The molecule has 0 fully saturated rings. The van der Waals surface area contributed by atoms with Crippen LogP contribution in [0.1, 0.15) is 12.0 Å². The zero-order valence-electron chi connectivity index (χ0n) is 13.0. The highest BCUT2D eigenvalue weighted by Crippen LogP contribution is 2.19. The van der Waals surface area contributed by atoms with E-state index < -0.39 is 0 Å². The fraction of sp³-hybridized carbons (Fsp3) is 0.167. The Kier molecular flexibility index (Phi) is 4.96. The zero-order valence-corrected chi connectivity index (χ0v) is 13.0. The molecule has 24 heavy (non-hydrogen) atoms. The molecule has 1 amide bonds. The predicted octanol–water partition coefficient (Wildman–Crippen LogP) is 2.89. The highest BCUT2D eigenvalue weighted by Gasteiger charge is 2.06. The Bertz CT molecular complexity index is 839. The van der Waals surface area contributed by atoms with Crippen LogP contribution in [-0.2, 0) is 11.3 Å². The molecule has 0 spiro atoms. The van der Waals surface area contributed by atoms with Gasteiger partial charge in [-0.2, -0.15) is 0 Å². The average Bonchev–Trinajstić information content (AvgIpc) is 2.61. The van der Waals surface area contributed by atoms with Crippen molar-refractivity contribution in [3.05, 3.63) is 66.2 Å². The van der Waals surface area contributed by atoms with Gasteiger partial charge in [-0.3, -0.25) is 4.79 Å². The molecule has 5 nitrogen and oxygen atoms in total. The molecule has 122 valence electrons. The first kappa shape index (κ1) is 15.9. The number of rotatable bonds is 6. The molecule has 0 aliphatic rings. The smallest absolute Gasteiger partial charge is 0.222 e. The minimum absolute atomic E-state index is 0.0594. The van der Waals surface area contributed by atoms with Crippen molar-refractivity contribution in [2.24, 2.45) is 0 Å². The van der Waals surface area contributed by atoms with E-state index in [1.54, 1.807) is 6.07 Å². The van der Waals surface area contributed by atoms with Crippen molar-refractivity contribution in [3.63, 3.8) is 0 Å². The van der Waals surface area contributed by atoms with Gasteiger partial charge in [0.25, 0.3) is 0 Å². The van der Waals surface area contributed by atoms with Crippen molar-refractivity contribution in [1.29, 1.82) is 0 Å². The summed E-state index contributed by atoms with van der Waals surface area (Å²) in [6.45, 7) is 0.907. The molecule has 3 aromatic rings. The van der Waals surface area contributed by atoms with Gasteiger partial charge in [-0.1, -0.05) is 30.3 Å². The molecule has 1 heterocycles. The monoisotopic (exact) mass is 324 g/mol. The van der Waals surface area contributed by atoms with Crippen molar-refractivity contribution in [3.8, 4) is 0 Å². The summed E-state index contributed by atoms with van der Waals surface area (Å²) in [4.78, 5) is 20.1. The number of nitrogens with one attached hydrogen (secondary N) is 2. The minimum Gasteiger partial charge on any atom is -0.369 e. The Labute approximate surface area is 138 Å². The van der Waals surface area contributed by atoms with Gasteiger partial charge in [-0.05, 0) is 23.8 Å². The van der Waals surface area contributed by atoms with Gasteiger partial charge in [0.1, 0.15) is 18.0 Å². The first-order valence-electron chi connectivity index (χ1n) is 7.67. The van der Waals surface area contributed by atoms with E-state index in [0.29, 0.717) is 36.2 Å². The maximum Gasteiger partial charge on any atom is 0.222 e. The number of anilines is 1. The van der Waals surface area contributed by atoms with Gasteiger partial charge in [0.2, 0.25) is 5.91 Å². The van der Waals surface area contributed by atoms with Gasteiger partial charge in [0.05, 0.1) is 5.52 Å². The lowest BCUT2D eigenvalue weighted by molar-refractivity contribution is -0.121. The third kappa shape index (κ3) is 4.04. The molecule has 0 bridgehead atoms. The van der Waals surface area contributed by atoms with Crippen molar-refractivity contribution in [1.82, 2.24) is 15.3 Å². The highest BCUT2D eigenvalue weighted by molar-refractivity contribution is 5.89. The summed E-state index contributed by atoms with van der Waals surface area (Å²) in [5.41, 5.74) is 1.71. The van der Waals surface area contributed by atoms with Crippen LogP contribution in [0.2, 0.25) is 0 Å². The Morgan fingerprint density at radius 3 is 2.75 bits per heavy atom. The molecule has 0 atom stereocenters. The quantitative estimate of drug-likeness (QED) is 0.732. The summed E-state index contributed by atoms with van der Waals surface area (Å²) in [6, 6.07) is 14.1. The van der Waals surface area contributed by atoms with Crippen LogP contribution in [0.4, 0.5) is 10.2 Å². The topological polar surface area (TPSA) is 66.9 Å². The van der Waals surface area contributed by atoms with E-state index in [0.717, 1.165) is 5.56 Å². The van der Waals surface area contributed by atoms with Crippen LogP contribution in [0.3, 0.4) is 0 Å². The van der Waals surface area contributed by atoms with E-state index in [9.17, 15) is 9.18 Å². The van der Waals surface area contributed by atoms with E-state index in [1.165, 1.54) is 18.5 Å². The predicted molar refractivity (Wildman–Crippen MR) is 90.9 cm³/mol. The molecule has 0 unspecified atom stereocenters. The van der Waals surface area contributed by atoms with Crippen LogP contribution in [0, 0.1) is 5.82 Å². The maximum absolute atomic E-state index is 13.4. The molecular weight excluding hydrogens is 307 g/mol. The lowest BCUT2D eigenvalue weighted by Crippen LogP contribution is -2.25. The van der Waals surface area contributed by atoms with Gasteiger partial charge < -0.3 is 10.6 Å². The summed E-state index contributed by atoms with van der Waals surface area (Å²) in [7, 11) is 0. The lowest BCUT2D eigenvalue weighted by Gasteiger charge is -2.09. The number of hydrogen-bond acceptors (Lipinski definition) is 4. The standard InChI is InChI=1S/C18H17FN4O/c19-14-6-7-16-15(10-14)18(23-12-22-16)20-9-8-17(24)21-11-13-4-2-1-3-5-13/h1-7,10,12H,8-9,11H2,(H,21,24)(H,20,22,23). The number of nitrogens with zero attached hydrogens (tertiary/aromatic N) is 2. The van der Waals surface area contributed by atoms with E-state index in [2.05, 4.69) is 20.6 Å². The number of carbonyl (C=O) groups is 1. The van der Waals surface area contributed by atoms with Crippen LogP contribution >= 0.6 is 0 Å². The van der Waals surface area contributed by atoms with Crippen LogP contribution in [0.15, 0.2) is 54.9 Å². The fourth-order valence-electron chi connectivity index (χ4n) is 2.35. The van der Waals surface area contributed by atoms with E-state index in [1.807, 2.05) is 30.3 Å². The molecule has 6 heteroatoms. The molecule has 0 saturated carbocycles. The summed E-state index contributed by atoms with van der Waals surface area (Å²) in [6.07, 6.45) is 1.71. The number of carbonyl (C=O) groups excluding carboxylic acids is 1. The van der Waals surface area contributed by atoms with Crippen LogP contribution in [-0.4, -0.2) is 22.4 Å². The Balaban J connectivity index is 1.53. The van der Waals surface area contributed by atoms with Crippen LogP contribution < -0.4 is 10.6 Å². The van der Waals surface area contributed by atoms with Crippen LogP contribution in [0.5, 0.6) is 0 Å². The Hall–Kier alpha value is -3.02. The molecule has 1 aromatic heterocycles. The first-order valence-corrected chi connectivity index (χ1v) is 7.67. The highest BCUT2D eigenvalue weighted by atomic mass is 19.1. The molecule has 3 rings (SSSR count). The number of hydrogen-bond donors (Lipinski definition) is 2. The SMILES string of the molecule is O=C(CCNc1ncnc2ccc(F)cc12)NCc1ccccc1. The molecule has 0 saturated heterocycles. The van der Waals surface area contributed by atoms with Gasteiger partial charge in [0, 0.05) is 24.9 Å². The average molecular weight is 324 g/mol. The molecule has 0 aliphatic carbocycles. The molecule has 2 aromatic carbocycles. The molecule has 0 aliphatic heterocycles. The van der Waals surface area contributed by atoms with Gasteiger partial charge >= 0.3 is 0 Å². The normalized spacial score (nSPS) is 10.5. The number of fused-ring (bicyclic) bond motifs is 1. The lowest BCUT2D eigenvalue weighted by atomic mass is 10.2. The van der Waals surface area contributed by atoms with Crippen LogP contribution in [0.25, 0.3) is 10.9 Å². The number of aromatic nitrogens is 2. The Morgan fingerprint density at radius 2 is 1.92 bits per heavy atom. The summed E-state index contributed by atoms with van der Waals surface area (Å²) < 4.78 is 13.4. The van der Waals surface area contributed by atoms with Gasteiger partial charge in [-0.25, -0.2) is 14.4 Å². The summed E-state index contributed by atoms with van der Waals surface area (Å²) in [5.74, 6) is 0.118. The Morgan fingerprint density at radius 1 is 1.08 bits per heavy atom. The molecule has 2 N–H and O–H groups in total. The second-order valence-electron chi connectivity index (χ2n) is 5.32. The maximum atomic E-state index is 13.4. The summed E-state index contributed by atoms with van der Waals surface area (Å²) >= 11 is 0. The van der Waals surface area contributed by atoms with Crippen molar-refractivity contribution in [2.45, 2.75) is 13.0 Å². The van der Waals surface area contributed by atoms with Crippen molar-refractivity contribution in [2.75, 3.05) is 11.9 Å². The van der Waals surface area contributed by atoms with Crippen molar-refractivity contribution >= 4 is 22.6 Å². The van der Waals surface area contributed by atoms with E-state index in [4.69, 9.17) is 0 Å². The van der Waals surface area contributed by atoms with E-state index >= 15 is 0 Å².